The van der Waals surface area contributed by atoms with Gasteiger partial charge in [-0.3, -0.25) is 4.79 Å². The second-order valence-corrected chi connectivity index (χ2v) is 5.93. The molecule has 5 nitrogen and oxygen atoms in total. The third-order valence-corrected chi connectivity index (χ3v) is 4.23. The third kappa shape index (κ3) is 5.53. The van der Waals surface area contributed by atoms with Crippen molar-refractivity contribution in [3.8, 4) is 5.75 Å². The lowest BCUT2D eigenvalue weighted by molar-refractivity contribution is -0.119. The molecule has 1 amide bonds. The van der Waals surface area contributed by atoms with Crippen LogP contribution in [-0.2, 0) is 4.79 Å². The maximum atomic E-state index is 11.8. The zero-order valence-corrected chi connectivity index (χ0v) is 14.9. The van der Waals surface area contributed by atoms with Crippen molar-refractivity contribution in [2.45, 2.75) is 31.4 Å². The first-order valence-corrected chi connectivity index (χ1v) is 7.70. The first-order valence-electron chi connectivity index (χ1n) is 7.70. The summed E-state index contributed by atoms with van der Waals surface area (Å²) in [7, 11) is 2.14. The molecule has 1 aromatic carbocycles. The number of ether oxygens (including phenoxy) is 1. The highest BCUT2D eigenvalue weighted by Gasteiger charge is 2.24. The highest BCUT2D eigenvalue weighted by molar-refractivity contribution is 5.95. The minimum atomic E-state index is -0.0276. The molecule has 23 heavy (non-hydrogen) atoms. The number of carbonyl (C=O) groups excluding carboxylic acids is 1. The van der Waals surface area contributed by atoms with E-state index >= 15 is 0 Å². The fraction of sp³-hybridized carbons (Fsp3) is 0.562. The lowest BCUT2D eigenvalue weighted by Crippen LogP contribution is -2.50. The molecule has 2 saturated heterocycles. The predicted octanol–water partition coefficient (Wildman–Crippen LogP) is 2.30. The molecule has 0 aromatic heterocycles. The van der Waals surface area contributed by atoms with Gasteiger partial charge < -0.3 is 20.3 Å². The number of halogens is 2. The van der Waals surface area contributed by atoms with E-state index in [2.05, 4.69) is 22.6 Å². The van der Waals surface area contributed by atoms with Crippen molar-refractivity contribution in [2.75, 3.05) is 32.0 Å². The fourth-order valence-corrected chi connectivity index (χ4v) is 2.65. The standard InChI is InChI=1S/C16H23N3O2.2ClH/c1-19-10-7-14(8-11-19)21-13-4-2-12(3-5-13)18-16(20)15-6-9-17-15;;/h2-5,14-15,17H,6-11H2,1H3,(H,18,20);2*1H. The number of nitrogens with zero attached hydrogens (tertiary/aromatic N) is 1. The number of rotatable bonds is 4. The molecule has 2 heterocycles. The number of anilines is 1. The summed E-state index contributed by atoms with van der Waals surface area (Å²) in [5.74, 6) is 0.926. The number of hydrogen-bond acceptors (Lipinski definition) is 4. The van der Waals surface area contributed by atoms with E-state index < -0.39 is 0 Å². The molecule has 7 heteroatoms. The molecule has 2 aliphatic heterocycles. The molecule has 3 rings (SSSR count). The van der Waals surface area contributed by atoms with Gasteiger partial charge in [-0.25, -0.2) is 0 Å². The van der Waals surface area contributed by atoms with Gasteiger partial charge in [0.2, 0.25) is 5.91 Å². The van der Waals surface area contributed by atoms with Crippen LogP contribution in [0.3, 0.4) is 0 Å². The second kappa shape index (κ2) is 9.33. The summed E-state index contributed by atoms with van der Waals surface area (Å²) >= 11 is 0. The zero-order chi connectivity index (χ0) is 14.7. The monoisotopic (exact) mass is 361 g/mol. The lowest BCUT2D eigenvalue weighted by atomic mass is 10.1. The van der Waals surface area contributed by atoms with E-state index in [1.165, 1.54) is 0 Å². The summed E-state index contributed by atoms with van der Waals surface area (Å²) < 4.78 is 5.99. The van der Waals surface area contributed by atoms with Gasteiger partial charge in [-0.2, -0.15) is 0 Å². The van der Waals surface area contributed by atoms with Crippen LogP contribution < -0.4 is 15.4 Å². The van der Waals surface area contributed by atoms with Crippen molar-refractivity contribution < 1.29 is 9.53 Å². The number of nitrogens with one attached hydrogen (secondary N) is 2. The van der Waals surface area contributed by atoms with E-state index in [4.69, 9.17) is 4.74 Å². The predicted molar refractivity (Wildman–Crippen MR) is 97.1 cm³/mol. The Morgan fingerprint density at radius 2 is 1.78 bits per heavy atom. The first kappa shape index (κ1) is 20.0. The molecule has 130 valence electrons. The topological polar surface area (TPSA) is 53.6 Å². The Kier molecular flexibility index (Phi) is 8.12. The molecular weight excluding hydrogens is 337 g/mol. The number of hydrogen-bond donors (Lipinski definition) is 2. The maximum Gasteiger partial charge on any atom is 0.241 e. The zero-order valence-electron chi connectivity index (χ0n) is 13.3. The Labute approximate surface area is 150 Å². The van der Waals surface area contributed by atoms with Crippen molar-refractivity contribution in [1.82, 2.24) is 10.2 Å². The van der Waals surface area contributed by atoms with Crippen LogP contribution in [0.25, 0.3) is 0 Å². The van der Waals surface area contributed by atoms with Crippen molar-refractivity contribution >= 4 is 36.4 Å². The molecule has 2 fully saturated rings. The maximum absolute atomic E-state index is 11.8. The molecule has 2 aliphatic rings. The van der Waals surface area contributed by atoms with Gasteiger partial charge in [-0.15, -0.1) is 24.8 Å². The Hall–Kier alpha value is -1.01. The van der Waals surface area contributed by atoms with Gasteiger partial charge in [-0.1, -0.05) is 0 Å². The van der Waals surface area contributed by atoms with Gasteiger partial charge in [0.1, 0.15) is 11.9 Å². The Morgan fingerprint density at radius 3 is 2.30 bits per heavy atom. The normalized spacial score (nSPS) is 21.3. The number of benzene rings is 1. The highest BCUT2D eigenvalue weighted by Crippen LogP contribution is 2.21. The molecule has 0 bridgehead atoms. The minimum Gasteiger partial charge on any atom is -0.490 e. The molecule has 0 spiro atoms. The van der Waals surface area contributed by atoms with Gasteiger partial charge in [0.25, 0.3) is 0 Å². The van der Waals surface area contributed by atoms with E-state index in [0.717, 1.165) is 50.3 Å². The summed E-state index contributed by atoms with van der Waals surface area (Å²) in [6.07, 6.45) is 3.37. The van der Waals surface area contributed by atoms with Crippen molar-refractivity contribution in [3.05, 3.63) is 24.3 Å². The summed E-state index contributed by atoms with van der Waals surface area (Å²) in [6, 6.07) is 7.64. The molecule has 0 radical (unpaired) electrons. The van der Waals surface area contributed by atoms with Crippen molar-refractivity contribution in [3.63, 3.8) is 0 Å². The van der Waals surface area contributed by atoms with Crippen LogP contribution in [0.4, 0.5) is 5.69 Å². The van der Waals surface area contributed by atoms with Gasteiger partial charge in [-0.05, 0) is 57.1 Å². The van der Waals surface area contributed by atoms with Crippen molar-refractivity contribution in [2.24, 2.45) is 0 Å². The summed E-state index contributed by atoms with van der Waals surface area (Å²) in [5, 5.41) is 6.01. The van der Waals surface area contributed by atoms with E-state index in [9.17, 15) is 4.79 Å². The largest absolute Gasteiger partial charge is 0.490 e. The average molecular weight is 362 g/mol. The molecule has 1 atom stereocenters. The van der Waals surface area contributed by atoms with Crippen LogP contribution in [0.5, 0.6) is 5.75 Å². The number of amides is 1. The quantitative estimate of drug-likeness (QED) is 0.863. The Bertz CT molecular complexity index is 487. The molecular formula is C16H25Cl2N3O2. The Morgan fingerprint density at radius 1 is 1.17 bits per heavy atom. The molecule has 1 unspecified atom stereocenters. The average Bonchev–Trinajstić information content (AvgIpc) is 2.41. The van der Waals surface area contributed by atoms with Gasteiger partial charge in [0.15, 0.2) is 0 Å². The summed E-state index contributed by atoms with van der Waals surface area (Å²) in [6.45, 7) is 3.11. The summed E-state index contributed by atoms with van der Waals surface area (Å²) in [5.41, 5.74) is 0.824. The van der Waals surface area contributed by atoms with Gasteiger partial charge in [0, 0.05) is 18.8 Å². The Balaban J connectivity index is 0.00000132. The second-order valence-electron chi connectivity index (χ2n) is 5.93. The van der Waals surface area contributed by atoms with E-state index in [1.807, 2.05) is 24.3 Å². The van der Waals surface area contributed by atoms with Crippen LogP contribution in [0.1, 0.15) is 19.3 Å². The highest BCUT2D eigenvalue weighted by atomic mass is 35.5. The third-order valence-electron chi connectivity index (χ3n) is 4.23. The fourth-order valence-electron chi connectivity index (χ4n) is 2.65. The van der Waals surface area contributed by atoms with E-state index in [1.54, 1.807) is 0 Å². The van der Waals surface area contributed by atoms with Crippen LogP contribution in [0, 0.1) is 0 Å². The minimum absolute atomic E-state index is 0. The lowest BCUT2D eigenvalue weighted by Gasteiger charge is -2.29. The SMILES string of the molecule is CN1CCC(Oc2ccc(NC(=O)C3CCN3)cc2)CC1.Cl.Cl. The van der Waals surface area contributed by atoms with Crippen LogP contribution in [-0.4, -0.2) is 49.6 Å². The van der Waals surface area contributed by atoms with Crippen LogP contribution in [0.15, 0.2) is 24.3 Å². The smallest absolute Gasteiger partial charge is 0.241 e. The van der Waals surface area contributed by atoms with Crippen LogP contribution >= 0.6 is 24.8 Å². The molecule has 0 aliphatic carbocycles. The molecule has 0 saturated carbocycles. The van der Waals surface area contributed by atoms with Crippen molar-refractivity contribution in [1.29, 1.82) is 0 Å². The van der Waals surface area contributed by atoms with Gasteiger partial charge >= 0.3 is 0 Å². The number of carbonyl (C=O) groups is 1. The van der Waals surface area contributed by atoms with Crippen LogP contribution in [0.2, 0.25) is 0 Å². The summed E-state index contributed by atoms with van der Waals surface area (Å²) in [4.78, 5) is 14.1. The number of piperidine rings is 1. The number of likely N-dealkylation sites (tertiary alicyclic amines) is 1. The van der Waals surface area contributed by atoms with E-state index in [-0.39, 0.29) is 36.8 Å². The molecule has 2 N–H and O–H groups in total. The van der Waals surface area contributed by atoms with E-state index in [0.29, 0.717) is 6.10 Å². The molecule has 1 aromatic rings. The first-order chi connectivity index (χ1) is 10.2. The van der Waals surface area contributed by atoms with Gasteiger partial charge in [0.05, 0.1) is 6.04 Å².